The van der Waals surface area contributed by atoms with Gasteiger partial charge in [-0.2, -0.15) is 0 Å². The van der Waals surface area contributed by atoms with Crippen molar-refractivity contribution in [2.24, 2.45) is 0 Å². The Hall–Kier alpha value is -4.34. The molecule has 0 fully saturated rings. The highest BCUT2D eigenvalue weighted by molar-refractivity contribution is 7.92. The molecule has 0 unspecified atom stereocenters. The smallest absolute Gasteiger partial charge is 0.264 e. The Morgan fingerprint density at radius 1 is 0.865 bits per heavy atom. The molecular weight excluding hydrogens is 510 g/mol. The maximum absolute atomic E-state index is 13.5. The number of benzene rings is 3. The number of aromatic nitrogens is 3. The predicted octanol–water partition coefficient (Wildman–Crippen LogP) is 5.71. The molecule has 0 radical (unpaired) electrons. The number of nitrogens with zero attached hydrogens (tertiary/aromatic N) is 3. The van der Waals surface area contributed by atoms with Gasteiger partial charge in [-0.25, -0.2) is 28.1 Å². The topological polar surface area (TPSA) is 114 Å². The van der Waals surface area contributed by atoms with E-state index in [2.05, 4.69) is 20.0 Å². The quantitative estimate of drug-likeness (QED) is 0.291. The van der Waals surface area contributed by atoms with Crippen LogP contribution >= 0.6 is 11.6 Å². The Morgan fingerprint density at radius 3 is 2.24 bits per heavy atom. The zero-order valence-corrected chi connectivity index (χ0v) is 21.1. The van der Waals surface area contributed by atoms with Crippen LogP contribution in [0.1, 0.15) is 15.9 Å². The van der Waals surface area contributed by atoms with Gasteiger partial charge in [0.05, 0.1) is 21.7 Å². The number of sulfonamides is 1. The van der Waals surface area contributed by atoms with E-state index in [0.29, 0.717) is 38.4 Å². The molecule has 0 bridgehead atoms. The van der Waals surface area contributed by atoms with Gasteiger partial charge >= 0.3 is 0 Å². The van der Waals surface area contributed by atoms with E-state index >= 15 is 0 Å². The largest absolute Gasteiger partial charge is 0.322 e. The van der Waals surface area contributed by atoms with Gasteiger partial charge in [-0.1, -0.05) is 41.9 Å². The SMILES string of the molecule is Cc1c(-c2ccc(Cl)cc2)nc2ccccc2c1C(=O)Nc1ccc(S(=O)(=O)Nc2ncccn2)cc1. The van der Waals surface area contributed by atoms with E-state index < -0.39 is 10.0 Å². The maximum atomic E-state index is 13.5. The number of fused-ring (bicyclic) bond motifs is 1. The van der Waals surface area contributed by atoms with Crippen LogP contribution in [-0.4, -0.2) is 29.3 Å². The molecule has 2 N–H and O–H groups in total. The zero-order valence-electron chi connectivity index (χ0n) is 19.5. The summed E-state index contributed by atoms with van der Waals surface area (Å²) in [7, 11) is -3.89. The van der Waals surface area contributed by atoms with Crippen LogP contribution in [-0.2, 0) is 10.0 Å². The molecule has 2 heterocycles. The van der Waals surface area contributed by atoms with Gasteiger partial charge in [-0.05, 0) is 61.0 Å². The molecule has 5 rings (SSSR count). The van der Waals surface area contributed by atoms with Crippen LogP contribution in [0.2, 0.25) is 5.02 Å². The highest BCUT2D eigenvalue weighted by atomic mass is 35.5. The number of pyridine rings is 1. The van der Waals surface area contributed by atoms with Gasteiger partial charge in [0.1, 0.15) is 0 Å². The second-order valence-electron chi connectivity index (χ2n) is 8.14. The van der Waals surface area contributed by atoms with Crippen molar-refractivity contribution in [1.29, 1.82) is 0 Å². The molecule has 0 aliphatic rings. The molecule has 0 saturated carbocycles. The van der Waals surface area contributed by atoms with Crippen molar-refractivity contribution < 1.29 is 13.2 Å². The van der Waals surface area contributed by atoms with Crippen molar-refractivity contribution in [3.63, 3.8) is 0 Å². The number of nitrogens with one attached hydrogen (secondary N) is 2. The van der Waals surface area contributed by atoms with Crippen LogP contribution in [0, 0.1) is 6.92 Å². The second-order valence-corrected chi connectivity index (χ2v) is 10.3. The van der Waals surface area contributed by atoms with Crippen molar-refractivity contribution in [2.75, 3.05) is 10.0 Å². The summed E-state index contributed by atoms with van der Waals surface area (Å²) in [4.78, 5) is 26.1. The van der Waals surface area contributed by atoms with Gasteiger partial charge < -0.3 is 5.32 Å². The zero-order chi connectivity index (χ0) is 26.0. The molecule has 3 aromatic carbocycles. The van der Waals surface area contributed by atoms with Crippen molar-refractivity contribution >= 4 is 50.1 Å². The Bertz CT molecular complexity index is 1710. The molecular formula is C27H20ClN5O3S. The summed E-state index contributed by atoms with van der Waals surface area (Å²) in [5.41, 5.74) is 3.83. The van der Waals surface area contributed by atoms with E-state index in [1.54, 1.807) is 18.2 Å². The van der Waals surface area contributed by atoms with Crippen LogP contribution in [0.5, 0.6) is 0 Å². The third-order valence-electron chi connectivity index (χ3n) is 5.69. The lowest BCUT2D eigenvalue weighted by molar-refractivity contribution is 0.102. The highest BCUT2D eigenvalue weighted by Gasteiger charge is 2.20. The molecule has 8 nitrogen and oxygen atoms in total. The standard InChI is InChI=1S/C27H20ClN5O3S/c1-17-24(22-5-2-3-6-23(22)32-25(17)18-7-9-19(28)10-8-18)26(34)31-20-11-13-21(14-12-20)37(35,36)33-27-29-15-4-16-30-27/h2-16H,1H3,(H,31,34)(H,29,30,33). The third kappa shape index (κ3) is 5.13. The van der Waals surface area contributed by atoms with E-state index in [4.69, 9.17) is 16.6 Å². The second kappa shape index (κ2) is 9.96. The Balaban J connectivity index is 1.45. The Labute approximate surface area is 218 Å². The van der Waals surface area contributed by atoms with E-state index in [9.17, 15) is 13.2 Å². The minimum atomic E-state index is -3.89. The first-order chi connectivity index (χ1) is 17.8. The maximum Gasteiger partial charge on any atom is 0.264 e. The molecule has 1 amide bonds. The monoisotopic (exact) mass is 529 g/mol. The summed E-state index contributed by atoms with van der Waals surface area (Å²) in [5, 5.41) is 4.20. The minimum Gasteiger partial charge on any atom is -0.322 e. The van der Waals surface area contributed by atoms with Crippen LogP contribution < -0.4 is 10.0 Å². The Kier molecular flexibility index (Phi) is 6.56. The summed E-state index contributed by atoms with van der Waals surface area (Å²) in [5.74, 6) is -0.367. The molecule has 0 saturated heterocycles. The number of carbonyl (C=O) groups excluding carboxylic acids is 1. The number of halogens is 1. The van der Waals surface area contributed by atoms with Crippen LogP contribution in [0.15, 0.2) is 96.2 Å². The lowest BCUT2D eigenvalue weighted by Crippen LogP contribution is -2.16. The van der Waals surface area contributed by atoms with Crippen molar-refractivity contribution in [2.45, 2.75) is 11.8 Å². The van der Waals surface area contributed by atoms with E-state index in [0.717, 1.165) is 5.56 Å². The number of carbonyl (C=O) groups is 1. The molecule has 10 heteroatoms. The molecule has 184 valence electrons. The lowest BCUT2D eigenvalue weighted by atomic mass is 9.97. The Morgan fingerprint density at radius 2 is 1.54 bits per heavy atom. The van der Waals surface area contributed by atoms with Crippen molar-refractivity contribution in [3.05, 3.63) is 107 Å². The molecule has 0 aliphatic carbocycles. The third-order valence-corrected chi connectivity index (χ3v) is 7.29. The highest BCUT2D eigenvalue weighted by Crippen LogP contribution is 2.31. The van der Waals surface area contributed by atoms with Crippen LogP contribution in [0.25, 0.3) is 22.2 Å². The van der Waals surface area contributed by atoms with E-state index in [1.807, 2.05) is 43.3 Å². The molecule has 0 aliphatic heterocycles. The summed E-state index contributed by atoms with van der Waals surface area (Å²) in [6.07, 6.45) is 2.87. The first-order valence-corrected chi connectivity index (χ1v) is 13.0. The fourth-order valence-electron chi connectivity index (χ4n) is 3.93. The average Bonchev–Trinajstić information content (AvgIpc) is 2.89. The number of para-hydroxylation sites is 1. The molecule has 0 spiro atoms. The van der Waals surface area contributed by atoms with Gasteiger partial charge in [-0.3, -0.25) is 4.79 Å². The van der Waals surface area contributed by atoms with Gasteiger partial charge in [0.25, 0.3) is 15.9 Å². The summed E-state index contributed by atoms with van der Waals surface area (Å²) in [6.45, 7) is 1.85. The lowest BCUT2D eigenvalue weighted by Gasteiger charge is -2.15. The van der Waals surface area contributed by atoms with Crippen molar-refractivity contribution in [3.8, 4) is 11.3 Å². The first-order valence-electron chi connectivity index (χ1n) is 11.2. The van der Waals surface area contributed by atoms with Gasteiger partial charge in [0.15, 0.2) is 0 Å². The molecule has 37 heavy (non-hydrogen) atoms. The van der Waals surface area contributed by atoms with Gasteiger partial charge in [-0.15, -0.1) is 0 Å². The number of hydrogen-bond donors (Lipinski definition) is 2. The molecule has 2 aromatic heterocycles. The molecule has 0 atom stereocenters. The number of rotatable bonds is 6. The van der Waals surface area contributed by atoms with Gasteiger partial charge in [0, 0.05) is 34.1 Å². The summed E-state index contributed by atoms with van der Waals surface area (Å²) >= 11 is 6.05. The van der Waals surface area contributed by atoms with Crippen LogP contribution in [0.3, 0.4) is 0 Å². The fourth-order valence-corrected chi connectivity index (χ4v) is 5.01. The van der Waals surface area contributed by atoms with E-state index in [-0.39, 0.29) is 16.8 Å². The predicted molar refractivity (Wildman–Crippen MR) is 144 cm³/mol. The van der Waals surface area contributed by atoms with Gasteiger partial charge in [0.2, 0.25) is 5.95 Å². The number of amides is 1. The summed E-state index contributed by atoms with van der Waals surface area (Å²) in [6, 6.07) is 22.1. The molecule has 5 aromatic rings. The summed E-state index contributed by atoms with van der Waals surface area (Å²) < 4.78 is 27.6. The first kappa shape index (κ1) is 24.4. The normalized spacial score (nSPS) is 11.3. The number of hydrogen-bond acceptors (Lipinski definition) is 6. The number of anilines is 2. The van der Waals surface area contributed by atoms with Crippen LogP contribution in [0.4, 0.5) is 11.6 Å². The van der Waals surface area contributed by atoms with Crippen molar-refractivity contribution in [1.82, 2.24) is 15.0 Å². The average molecular weight is 530 g/mol. The minimum absolute atomic E-state index is 0.00789. The van der Waals surface area contributed by atoms with E-state index in [1.165, 1.54) is 36.7 Å². The fraction of sp³-hybridized carbons (Fsp3) is 0.0370.